The SMILES string of the molecule is O[CH-]CN(CCCCS)CC(O)S.[Ce]. The number of aliphatic hydroxyl groups excluding tert-OH is 2. The zero-order valence-electron chi connectivity index (χ0n) is 8.13. The zero-order valence-corrected chi connectivity index (χ0v) is 13.1. The molecule has 0 saturated carbocycles. The van der Waals surface area contributed by atoms with Gasteiger partial charge in [-0.05, 0) is 25.1 Å². The minimum absolute atomic E-state index is 0. The zero-order chi connectivity index (χ0) is 10.1. The summed E-state index contributed by atoms with van der Waals surface area (Å²) in [5.41, 5.74) is -0.643. The van der Waals surface area contributed by atoms with E-state index in [0.29, 0.717) is 13.1 Å². The van der Waals surface area contributed by atoms with Gasteiger partial charge in [0.05, 0.1) is 0 Å². The van der Waals surface area contributed by atoms with Gasteiger partial charge in [0.25, 0.3) is 0 Å². The number of rotatable bonds is 8. The average molecular weight is 364 g/mol. The van der Waals surface area contributed by atoms with Crippen molar-refractivity contribution in [1.29, 1.82) is 0 Å². The predicted molar refractivity (Wildman–Crippen MR) is 60.8 cm³/mol. The van der Waals surface area contributed by atoms with E-state index in [1.807, 2.05) is 4.90 Å². The van der Waals surface area contributed by atoms with E-state index in [2.05, 4.69) is 25.3 Å². The molecule has 0 bridgehead atoms. The van der Waals surface area contributed by atoms with Crippen LogP contribution in [-0.2, 0) is 0 Å². The number of nitrogens with zero attached hydrogens (tertiary/aromatic N) is 1. The molecule has 0 aromatic carbocycles. The first-order chi connectivity index (χ1) is 6.20. The molecule has 0 heterocycles. The molecular formula is C8H18CeNO2S2-. The molecule has 0 fully saturated rings. The Morgan fingerprint density at radius 2 is 2.00 bits per heavy atom. The minimum atomic E-state index is -0.643. The van der Waals surface area contributed by atoms with Crippen molar-refractivity contribution >= 4 is 25.3 Å². The Kier molecular flexibility index (Phi) is 17.0. The van der Waals surface area contributed by atoms with Crippen LogP contribution < -0.4 is 0 Å². The van der Waals surface area contributed by atoms with Gasteiger partial charge in [0.15, 0.2) is 0 Å². The Balaban J connectivity index is 0. The Morgan fingerprint density at radius 3 is 2.43 bits per heavy atom. The second-order valence-electron chi connectivity index (χ2n) is 2.85. The van der Waals surface area contributed by atoms with Crippen LogP contribution in [-0.4, -0.2) is 45.9 Å². The predicted octanol–water partition coefficient (Wildman–Crippen LogP) is 0.781. The van der Waals surface area contributed by atoms with E-state index in [4.69, 9.17) is 10.2 Å². The van der Waals surface area contributed by atoms with Gasteiger partial charge in [-0.3, -0.25) is 0 Å². The molecule has 0 radical (unpaired) electrons. The summed E-state index contributed by atoms with van der Waals surface area (Å²) >= 11 is 7.98. The van der Waals surface area contributed by atoms with E-state index in [1.54, 1.807) is 0 Å². The summed E-state index contributed by atoms with van der Waals surface area (Å²) in [5.74, 6) is 0.875. The van der Waals surface area contributed by atoms with Crippen molar-refractivity contribution in [2.45, 2.75) is 18.3 Å². The summed E-state index contributed by atoms with van der Waals surface area (Å²) in [6, 6.07) is 0. The maximum absolute atomic E-state index is 9.02. The van der Waals surface area contributed by atoms with E-state index in [1.165, 1.54) is 0 Å². The van der Waals surface area contributed by atoms with Crippen LogP contribution in [0.25, 0.3) is 0 Å². The van der Waals surface area contributed by atoms with Crippen molar-refractivity contribution in [3.63, 3.8) is 0 Å². The summed E-state index contributed by atoms with van der Waals surface area (Å²) in [6.45, 7) is 2.91. The molecule has 1 atom stereocenters. The second-order valence-corrected chi connectivity index (χ2v) is 3.90. The molecule has 84 valence electrons. The molecule has 14 heavy (non-hydrogen) atoms. The topological polar surface area (TPSA) is 43.7 Å². The van der Waals surface area contributed by atoms with E-state index in [9.17, 15) is 0 Å². The molecule has 0 aliphatic carbocycles. The number of thiol groups is 2. The third-order valence-electron chi connectivity index (χ3n) is 1.64. The fraction of sp³-hybridized carbons (Fsp3) is 0.875. The van der Waals surface area contributed by atoms with E-state index < -0.39 is 5.44 Å². The van der Waals surface area contributed by atoms with Crippen LogP contribution in [0, 0.1) is 48.4 Å². The van der Waals surface area contributed by atoms with Crippen molar-refractivity contribution in [2.24, 2.45) is 0 Å². The van der Waals surface area contributed by atoms with Crippen LogP contribution >= 0.6 is 25.3 Å². The van der Waals surface area contributed by atoms with Gasteiger partial charge < -0.3 is 15.1 Å². The third kappa shape index (κ3) is 12.0. The molecular weight excluding hydrogens is 346 g/mol. The average Bonchev–Trinajstić information content (AvgIpc) is 2.04. The number of aliphatic hydroxyl groups is 2. The normalized spacial score (nSPS) is 12.6. The maximum Gasteiger partial charge on any atom is 0.109 e. The van der Waals surface area contributed by atoms with Crippen LogP contribution in [0.2, 0.25) is 0 Å². The minimum Gasteiger partial charge on any atom is -0.565 e. The van der Waals surface area contributed by atoms with Gasteiger partial charge in [0.2, 0.25) is 0 Å². The first kappa shape index (κ1) is 18.3. The van der Waals surface area contributed by atoms with Crippen LogP contribution in [0.5, 0.6) is 0 Å². The first-order valence-electron chi connectivity index (χ1n) is 4.36. The molecule has 1 unspecified atom stereocenters. The molecule has 0 aliphatic heterocycles. The quantitative estimate of drug-likeness (QED) is 0.223. The van der Waals surface area contributed by atoms with Gasteiger partial charge >= 0.3 is 0 Å². The second kappa shape index (κ2) is 13.0. The van der Waals surface area contributed by atoms with Crippen molar-refractivity contribution in [3.8, 4) is 0 Å². The van der Waals surface area contributed by atoms with Crippen LogP contribution in [0.3, 0.4) is 0 Å². The largest absolute Gasteiger partial charge is 0.565 e. The smallest absolute Gasteiger partial charge is 0.109 e. The van der Waals surface area contributed by atoms with E-state index >= 15 is 0 Å². The Labute approximate surface area is 131 Å². The molecule has 0 aromatic rings. The summed E-state index contributed by atoms with van der Waals surface area (Å²) in [7, 11) is 0. The first-order valence-corrected chi connectivity index (χ1v) is 5.50. The molecule has 0 spiro atoms. The van der Waals surface area contributed by atoms with Gasteiger partial charge in [0.1, 0.15) is 5.44 Å². The van der Waals surface area contributed by atoms with Crippen LogP contribution in [0.1, 0.15) is 12.8 Å². The fourth-order valence-electron chi connectivity index (χ4n) is 1.05. The summed E-state index contributed by atoms with van der Waals surface area (Å²) in [4.78, 5) is 1.95. The van der Waals surface area contributed by atoms with Crippen LogP contribution in [0.15, 0.2) is 0 Å². The van der Waals surface area contributed by atoms with Gasteiger partial charge in [-0.25, -0.2) is 6.61 Å². The third-order valence-corrected chi connectivity index (χ3v) is 2.12. The van der Waals surface area contributed by atoms with Gasteiger partial charge in [-0.15, -0.1) is 19.2 Å². The van der Waals surface area contributed by atoms with Gasteiger partial charge in [-0.1, -0.05) is 0 Å². The number of hydrogen-bond acceptors (Lipinski definition) is 5. The molecule has 0 saturated heterocycles. The van der Waals surface area contributed by atoms with Gasteiger partial charge in [0, 0.05) is 48.3 Å². The molecule has 6 heteroatoms. The summed E-state index contributed by atoms with van der Waals surface area (Å²) < 4.78 is 0. The maximum atomic E-state index is 9.02. The van der Waals surface area contributed by atoms with Crippen molar-refractivity contribution in [2.75, 3.05) is 25.4 Å². The molecule has 0 rings (SSSR count). The summed E-state index contributed by atoms with van der Waals surface area (Å²) in [5, 5.41) is 17.6. The molecule has 3 nitrogen and oxygen atoms in total. The molecule has 0 amide bonds. The van der Waals surface area contributed by atoms with Crippen molar-refractivity contribution in [1.82, 2.24) is 4.90 Å². The summed E-state index contributed by atoms with van der Waals surface area (Å²) in [6.07, 6.45) is 2.07. The molecule has 2 N–H and O–H groups in total. The van der Waals surface area contributed by atoms with Crippen molar-refractivity contribution in [3.05, 3.63) is 6.61 Å². The fourth-order valence-corrected chi connectivity index (χ4v) is 1.51. The number of unbranched alkanes of at least 4 members (excludes halogenated alkanes) is 1. The Hall–Kier alpha value is 1.96. The van der Waals surface area contributed by atoms with Gasteiger partial charge in [-0.2, -0.15) is 12.6 Å². The standard InChI is InChI=1S/C8H18NO2S2.Ce/c10-5-4-9(7-8(11)13)3-1-2-6-12;/h5,8,10-13H,1-4,6-7H2;/q-1;. The monoisotopic (exact) mass is 364 g/mol. The van der Waals surface area contributed by atoms with Crippen molar-refractivity contribution < 1.29 is 52.0 Å². The molecule has 0 aliphatic rings. The van der Waals surface area contributed by atoms with Crippen LogP contribution in [0.4, 0.5) is 0 Å². The number of hydrogen-bond donors (Lipinski definition) is 4. The van der Waals surface area contributed by atoms with E-state index in [0.717, 1.165) is 31.7 Å². The Bertz CT molecular complexity index is 120. The van der Waals surface area contributed by atoms with E-state index in [-0.39, 0.29) is 41.7 Å². The molecule has 0 aromatic heterocycles. The Morgan fingerprint density at radius 1 is 1.36 bits per heavy atom.